The fourth-order valence-electron chi connectivity index (χ4n) is 2.64. The van der Waals surface area contributed by atoms with E-state index in [2.05, 4.69) is 10.2 Å². The number of likely N-dealkylation sites (N-methyl/N-ethyl adjacent to an activating group) is 1. The first-order chi connectivity index (χ1) is 11.9. The van der Waals surface area contributed by atoms with E-state index < -0.39 is 0 Å². The van der Waals surface area contributed by atoms with E-state index in [0.717, 1.165) is 17.0 Å². The summed E-state index contributed by atoms with van der Waals surface area (Å²) in [4.78, 5) is 16.6. The van der Waals surface area contributed by atoms with Crippen molar-refractivity contribution in [3.8, 4) is 5.75 Å². The van der Waals surface area contributed by atoms with Crippen LogP contribution < -0.4 is 15.0 Å². The van der Waals surface area contributed by atoms with Gasteiger partial charge in [0.2, 0.25) is 0 Å². The van der Waals surface area contributed by atoms with Gasteiger partial charge in [0.1, 0.15) is 5.75 Å². The van der Waals surface area contributed by atoms with Crippen molar-refractivity contribution in [2.75, 3.05) is 46.7 Å². The summed E-state index contributed by atoms with van der Waals surface area (Å²) in [5, 5.41) is 3.04. The van der Waals surface area contributed by atoms with Crippen LogP contribution in [0, 0.1) is 0 Å². The summed E-state index contributed by atoms with van der Waals surface area (Å²) in [6.07, 6.45) is 0. The molecule has 0 saturated heterocycles. The number of hydrogen-bond donors (Lipinski definition) is 1. The minimum atomic E-state index is -0.0657. The van der Waals surface area contributed by atoms with E-state index in [1.54, 1.807) is 7.11 Å². The molecule has 1 amide bonds. The third-order valence-corrected chi connectivity index (χ3v) is 4.20. The van der Waals surface area contributed by atoms with Crippen LogP contribution in [0.15, 0.2) is 48.5 Å². The van der Waals surface area contributed by atoms with Gasteiger partial charge in [0, 0.05) is 31.9 Å². The Labute approximate surface area is 150 Å². The first-order valence-corrected chi connectivity index (χ1v) is 8.28. The fraction of sp³-hybridized carbons (Fsp3) is 0.350. The third kappa shape index (κ3) is 4.97. The first-order valence-electron chi connectivity index (χ1n) is 8.28. The Morgan fingerprint density at radius 1 is 1.08 bits per heavy atom. The lowest BCUT2D eigenvalue weighted by Gasteiger charge is -2.25. The molecule has 0 saturated carbocycles. The van der Waals surface area contributed by atoms with Crippen LogP contribution in [0.3, 0.4) is 0 Å². The van der Waals surface area contributed by atoms with Crippen molar-refractivity contribution >= 4 is 11.6 Å². The zero-order chi connectivity index (χ0) is 18.4. The standard InChI is InChI=1S/C20H27N3O2/c1-22(2)17-8-6-7-16(13-17)20(24)21-14-19(23(3)4)15-9-11-18(25-5)12-10-15/h6-13,19H,14H2,1-5H3,(H,21,24). The predicted molar refractivity (Wildman–Crippen MR) is 103 cm³/mol. The molecule has 5 heteroatoms. The lowest BCUT2D eigenvalue weighted by Crippen LogP contribution is -2.34. The topological polar surface area (TPSA) is 44.8 Å². The van der Waals surface area contributed by atoms with Gasteiger partial charge < -0.3 is 19.9 Å². The van der Waals surface area contributed by atoms with Crippen LogP contribution >= 0.6 is 0 Å². The van der Waals surface area contributed by atoms with Crippen molar-refractivity contribution in [3.63, 3.8) is 0 Å². The number of carbonyl (C=O) groups is 1. The highest BCUT2D eigenvalue weighted by Gasteiger charge is 2.16. The highest BCUT2D eigenvalue weighted by Crippen LogP contribution is 2.21. The largest absolute Gasteiger partial charge is 0.497 e. The van der Waals surface area contributed by atoms with E-state index in [0.29, 0.717) is 12.1 Å². The number of anilines is 1. The molecular formula is C20H27N3O2. The fourth-order valence-corrected chi connectivity index (χ4v) is 2.64. The number of rotatable bonds is 7. The van der Waals surface area contributed by atoms with Crippen molar-refractivity contribution in [2.45, 2.75) is 6.04 Å². The van der Waals surface area contributed by atoms with Crippen molar-refractivity contribution in [2.24, 2.45) is 0 Å². The maximum atomic E-state index is 12.5. The Morgan fingerprint density at radius 2 is 1.76 bits per heavy atom. The summed E-state index contributed by atoms with van der Waals surface area (Å²) in [6.45, 7) is 0.532. The molecule has 2 rings (SSSR count). The van der Waals surface area contributed by atoms with E-state index in [1.165, 1.54) is 0 Å². The Balaban J connectivity index is 2.07. The molecular weight excluding hydrogens is 314 g/mol. The average molecular weight is 341 g/mol. The zero-order valence-electron chi connectivity index (χ0n) is 15.6. The molecule has 5 nitrogen and oxygen atoms in total. The Bertz CT molecular complexity index is 696. The summed E-state index contributed by atoms with van der Waals surface area (Å²) in [5.41, 5.74) is 2.80. The van der Waals surface area contributed by atoms with Gasteiger partial charge in [0.05, 0.1) is 13.2 Å². The van der Waals surface area contributed by atoms with Crippen LogP contribution in [0.25, 0.3) is 0 Å². The quantitative estimate of drug-likeness (QED) is 0.841. The van der Waals surface area contributed by atoms with Crippen molar-refractivity contribution in [1.29, 1.82) is 0 Å². The molecule has 0 aliphatic heterocycles. The number of carbonyl (C=O) groups excluding carboxylic acids is 1. The lowest BCUT2D eigenvalue weighted by atomic mass is 10.1. The van der Waals surface area contributed by atoms with Gasteiger partial charge in [0.15, 0.2) is 0 Å². The summed E-state index contributed by atoms with van der Waals surface area (Å²) in [5.74, 6) is 0.759. The monoisotopic (exact) mass is 341 g/mol. The van der Waals surface area contributed by atoms with Crippen LogP contribution in [-0.2, 0) is 0 Å². The van der Waals surface area contributed by atoms with Gasteiger partial charge in [0.25, 0.3) is 5.91 Å². The number of amides is 1. The number of nitrogens with zero attached hydrogens (tertiary/aromatic N) is 2. The summed E-state index contributed by atoms with van der Waals surface area (Å²) in [6, 6.07) is 15.6. The molecule has 0 heterocycles. The van der Waals surface area contributed by atoms with Crippen LogP contribution in [0.5, 0.6) is 5.75 Å². The number of methoxy groups -OCH3 is 1. The summed E-state index contributed by atoms with van der Waals surface area (Å²) < 4.78 is 5.21. The summed E-state index contributed by atoms with van der Waals surface area (Å²) >= 11 is 0. The van der Waals surface area contributed by atoms with Crippen molar-refractivity contribution in [1.82, 2.24) is 10.2 Å². The molecule has 2 aromatic carbocycles. The second-order valence-electron chi connectivity index (χ2n) is 6.41. The predicted octanol–water partition coefficient (Wildman–Crippen LogP) is 2.79. The molecule has 0 radical (unpaired) electrons. The number of hydrogen-bond acceptors (Lipinski definition) is 4. The smallest absolute Gasteiger partial charge is 0.251 e. The third-order valence-electron chi connectivity index (χ3n) is 4.20. The lowest BCUT2D eigenvalue weighted by molar-refractivity contribution is 0.0942. The first kappa shape index (κ1) is 18.8. The van der Waals surface area contributed by atoms with Gasteiger partial charge in [-0.2, -0.15) is 0 Å². The van der Waals surface area contributed by atoms with Crippen LogP contribution in [0.1, 0.15) is 22.0 Å². The Morgan fingerprint density at radius 3 is 2.32 bits per heavy atom. The maximum Gasteiger partial charge on any atom is 0.251 e. The molecule has 2 aromatic rings. The summed E-state index contributed by atoms with van der Waals surface area (Å²) in [7, 11) is 9.59. The molecule has 1 atom stereocenters. The molecule has 0 spiro atoms. The highest BCUT2D eigenvalue weighted by atomic mass is 16.5. The van der Waals surface area contributed by atoms with Crippen LogP contribution in [0.2, 0.25) is 0 Å². The normalized spacial score (nSPS) is 11.9. The SMILES string of the molecule is COc1ccc(C(CNC(=O)c2cccc(N(C)C)c2)N(C)C)cc1. The Kier molecular flexibility index (Phi) is 6.42. The van der Waals surface area contributed by atoms with E-state index in [4.69, 9.17) is 4.74 Å². The highest BCUT2D eigenvalue weighted by molar-refractivity contribution is 5.95. The van der Waals surface area contributed by atoms with E-state index in [1.807, 2.05) is 81.6 Å². The van der Waals surface area contributed by atoms with Gasteiger partial charge in [-0.15, -0.1) is 0 Å². The van der Waals surface area contributed by atoms with Gasteiger partial charge in [-0.05, 0) is 50.0 Å². The minimum Gasteiger partial charge on any atom is -0.497 e. The van der Waals surface area contributed by atoms with Crippen molar-refractivity contribution < 1.29 is 9.53 Å². The molecule has 134 valence electrons. The number of nitrogens with one attached hydrogen (secondary N) is 1. The zero-order valence-corrected chi connectivity index (χ0v) is 15.6. The van der Waals surface area contributed by atoms with E-state index in [-0.39, 0.29) is 11.9 Å². The van der Waals surface area contributed by atoms with Crippen LogP contribution in [-0.4, -0.2) is 52.7 Å². The minimum absolute atomic E-state index is 0.0657. The average Bonchev–Trinajstić information content (AvgIpc) is 2.62. The molecule has 0 aliphatic carbocycles. The van der Waals surface area contributed by atoms with Crippen molar-refractivity contribution in [3.05, 3.63) is 59.7 Å². The van der Waals surface area contributed by atoms with Gasteiger partial charge in [-0.1, -0.05) is 18.2 Å². The second-order valence-corrected chi connectivity index (χ2v) is 6.41. The van der Waals surface area contributed by atoms with E-state index in [9.17, 15) is 4.79 Å². The molecule has 25 heavy (non-hydrogen) atoms. The molecule has 0 aliphatic rings. The number of ether oxygens (including phenoxy) is 1. The Hall–Kier alpha value is -2.53. The van der Waals surface area contributed by atoms with Gasteiger partial charge in [-0.25, -0.2) is 0 Å². The molecule has 1 N–H and O–H groups in total. The molecule has 0 bridgehead atoms. The molecule has 1 unspecified atom stereocenters. The van der Waals surface area contributed by atoms with Crippen LogP contribution in [0.4, 0.5) is 5.69 Å². The molecule has 0 aromatic heterocycles. The van der Waals surface area contributed by atoms with E-state index >= 15 is 0 Å². The maximum absolute atomic E-state index is 12.5. The van der Waals surface area contributed by atoms with Gasteiger partial charge in [-0.3, -0.25) is 4.79 Å². The number of benzene rings is 2. The molecule has 0 fully saturated rings. The second kappa shape index (κ2) is 8.53. The van der Waals surface area contributed by atoms with Gasteiger partial charge >= 0.3 is 0 Å².